The summed E-state index contributed by atoms with van der Waals surface area (Å²) in [5.41, 5.74) is 7.64. The molecule has 3 N–H and O–H groups in total. The molecule has 5 heteroatoms. The Labute approximate surface area is 113 Å². The first-order valence-corrected chi connectivity index (χ1v) is 6.62. The topological polar surface area (TPSA) is 73.6 Å². The van der Waals surface area contributed by atoms with Crippen LogP contribution < -0.4 is 11.1 Å². The SMILES string of the molecule is CCOC(=O)c1cccc(NC2CCCOC2)c1N. The maximum absolute atomic E-state index is 11.8. The van der Waals surface area contributed by atoms with Crippen LogP contribution >= 0.6 is 0 Å². The normalized spacial score (nSPS) is 18.9. The van der Waals surface area contributed by atoms with Gasteiger partial charge in [-0.15, -0.1) is 0 Å². The fourth-order valence-electron chi connectivity index (χ4n) is 2.15. The smallest absolute Gasteiger partial charge is 0.340 e. The summed E-state index contributed by atoms with van der Waals surface area (Å²) in [5, 5.41) is 3.33. The van der Waals surface area contributed by atoms with E-state index in [9.17, 15) is 4.79 Å². The summed E-state index contributed by atoms with van der Waals surface area (Å²) < 4.78 is 10.4. The van der Waals surface area contributed by atoms with Gasteiger partial charge >= 0.3 is 5.97 Å². The van der Waals surface area contributed by atoms with Gasteiger partial charge in [0.2, 0.25) is 0 Å². The Bertz CT molecular complexity index is 442. The number of rotatable bonds is 4. The zero-order chi connectivity index (χ0) is 13.7. The molecule has 104 valence electrons. The predicted molar refractivity (Wildman–Crippen MR) is 74.3 cm³/mol. The van der Waals surface area contributed by atoms with Crippen LogP contribution in [0.2, 0.25) is 0 Å². The fourth-order valence-corrected chi connectivity index (χ4v) is 2.15. The number of nitrogens with one attached hydrogen (secondary N) is 1. The Morgan fingerprint density at radius 1 is 1.58 bits per heavy atom. The van der Waals surface area contributed by atoms with Crippen molar-refractivity contribution >= 4 is 17.3 Å². The molecule has 0 aromatic heterocycles. The van der Waals surface area contributed by atoms with E-state index in [1.807, 2.05) is 6.07 Å². The summed E-state index contributed by atoms with van der Waals surface area (Å²) in [4.78, 5) is 11.8. The minimum atomic E-state index is -0.386. The minimum Gasteiger partial charge on any atom is -0.462 e. The molecule has 0 spiro atoms. The van der Waals surface area contributed by atoms with E-state index in [-0.39, 0.29) is 12.0 Å². The molecule has 1 fully saturated rings. The van der Waals surface area contributed by atoms with Crippen molar-refractivity contribution < 1.29 is 14.3 Å². The summed E-state index contributed by atoms with van der Waals surface area (Å²) >= 11 is 0. The van der Waals surface area contributed by atoms with Crippen LogP contribution in [-0.4, -0.2) is 31.8 Å². The third kappa shape index (κ3) is 3.38. The molecule has 1 heterocycles. The van der Waals surface area contributed by atoms with E-state index in [0.717, 1.165) is 25.1 Å². The van der Waals surface area contributed by atoms with E-state index in [1.165, 1.54) is 0 Å². The maximum Gasteiger partial charge on any atom is 0.340 e. The maximum atomic E-state index is 11.8. The van der Waals surface area contributed by atoms with E-state index in [2.05, 4.69) is 5.32 Å². The summed E-state index contributed by atoms with van der Waals surface area (Å²) in [7, 11) is 0. The number of hydrogen-bond donors (Lipinski definition) is 2. The first-order valence-electron chi connectivity index (χ1n) is 6.62. The third-order valence-electron chi connectivity index (χ3n) is 3.12. The molecule has 1 aromatic carbocycles. The third-order valence-corrected chi connectivity index (χ3v) is 3.12. The van der Waals surface area contributed by atoms with E-state index in [0.29, 0.717) is 24.5 Å². The van der Waals surface area contributed by atoms with Crippen LogP contribution in [0.3, 0.4) is 0 Å². The lowest BCUT2D eigenvalue weighted by Gasteiger charge is -2.25. The van der Waals surface area contributed by atoms with Gasteiger partial charge in [-0.2, -0.15) is 0 Å². The molecule has 0 saturated carbocycles. The van der Waals surface area contributed by atoms with Crippen LogP contribution in [-0.2, 0) is 9.47 Å². The summed E-state index contributed by atoms with van der Waals surface area (Å²) in [5.74, 6) is -0.386. The first kappa shape index (κ1) is 13.7. The summed E-state index contributed by atoms with van der Waals surface area (Å²) in [6, 6.07) is 5.59. The number of anilines is 2. The van der Waals surface area contributed by atoms with Crippen molar-refractivity contribution in [1.29, 1.82) is 0 Å². The quantitative estimate of drug-likeness (QED) is 0.643. The molecular weight excluding hydrogens is 244 g/mol. The van der Waals surface area contributed by atoms with Gasteiger partial charge in [-0.05, 0) is 31.9 Å². The highest BCUT2D eigenvalue weighted by atomic mass is 16.5. The van der Waals surface area contributed by atoms with Crippen molar-refractivity contribution in [1.82, 2.24) is 0 Å². The fraction of sp³-hybridized carbons (Fsp3) is 0.500. The van der Waals surface area contributed by atoms with Crippen molar-refractivity contribution in [3.63, 3.8) is 0 Å². The van der Waals surface area contributed by atoms with Crippen LogP contribution in [0.1, 0.15) is 30.1 Å². The molecule has 1 unspecified atom stereocenters. The second-order valence-electron chi connectivity index (χ2n) is 4.55. The predicted octanol–water partition coefficient (Wildman–Crippen LogP) is 2.04. The molecular formula is C14H20N2O3. The van der Waals surface area contributed by atoms with Crippen LogP contribution in [0.25, 0.3) is 0 Å². The number of carbonyl (C=O) groups excluding carboxylic acids is 1. The standard InChI is InChI=1S/C14H20N2O3/c1-2-19-14(17)11-6-3-7-12(13(11)15)16-10-5-4-8-18-9-10/h3,6-7,10,16H,2,4-5,8-9,15H2,1H3. The minimum absolute atomic E-state index is 0.244. The lowest BCUT2D eigenvalue weighted by molar-refractivity contribution is 0.0527. The number of benzene rings is 1. The van der Waals surface area contributed by atoms with Crippen LogP contribution in [0.5, 0.6) is 0 Å². The molecule has 2 rings (SSSR count). The Balaban J connectivity index is 2.12. The average molecular weight is 264 g/mol. The van der Waals surface area contributed by atoms with Gasteiger partial charge in [-0.1, -0.05) is 6.07 Å². The molecule has 19 heavy (non-hydrogen) atoms. The van der Waals surface area contributed by atoms with Gasteiger partial charge in [0.1, 0.15) is 0 Å². The van der Waals surface area contributed by atoms with Gasteiger partial charge in [-0.3, -0.25) is 0 Å². The average Bonchev–Trinajstić information content (AvgIpc) is 2.42. The van der Waals surface area contributed by atoms with Crippen LogP contribution in [0.4, 0.5) is 11.4 Å². The van der Waals surface area contributed by atoms with Crippen molar-refractivity contribution in [2.45, 2.75) is 25.8 Å². The lowest BCUT2D eigenvalue weighted by atomic mass is 10.1. The number of para-hydroxylation sites is 1. The molecule has 1 atom stereocenters. The number of carbonyl (C=O) groups is 1. The lowest BCUT2D eigenvalue weighted by Crippen LogP contribution is -2.30. The number of nitrogens with two attached hydrogens (primary N) is 1. The monoisotopic (exact) mass is 264 g/mol. The molecule has 0 amide bonds. The van der Waals surface area contributed by atoms with Crippen molar-refractivity contribution in [2.75, 3.05) is 30.9 Å². The zero-order valence-electron chi connectivity index (χ0n) is 11.1. The van der Waals surface area contributed by atoms with Crippen LogP contribution in [0, 0.1) is 0 Å². The second kappa shape index (κ2) is 6.43. The van der Waals surface area contributed by atoms with Gasteiger partial charge in [0, 0.05) is 12.6 Å². The van der Waals surface area contributed by atoms with E-state index in [4.69, 9.17) is 15.2 Å². The highest BCUT2D eigenvalue weighted by molar-refractivity contribution is 5.98. The van der Waals surface area contributed by atoms with Gasteiger partial charge in [0.15, 0.2) is 0 Å². The van der Waals surface area contributed by atoms with Gasteiger partial charge in [0.05, 0.1) is 30.2 Å². The van der Waals surface area contributed by atoms with E-state index in [1.54, 1.807) is 19.1 Å². The molecule has 1 aliphatic heterocycles. The van der Waals surface area contributed by atoms with E-state index < -0.39 is 0 Å². The molecule has 0 radical (unpaired) electrons. The van der Waals surface area contributed by atoms with Crippen LogP contribution in [0.15, 0.2) is 18.2 Å². The summed E-state index contributed by atoms with van der Waals surface area (Å²) in [6.07, 6.45) is 2.08. The Kier molecular flexibility index (Phi) is 4.63. The second-order valence-corrected chi connectivity index (χ2v) is 4.55. The van der Waals surface area contributed by atoms with Gasteiger partial charge < -0.3 is 20.5 Å². The number of ether oxygens (including phenoxy) is 2. The summed E-state index contributed by atoms with van der Waals surface area (Å²) in [6.45, 7) is 3.60. The van der Waals surface area contributed by atoms with Crippen molar-refractivity contribution in [3.05, 3.63) is 23.8 Å². The Hall–Kier alpha value is -1.75. The molecule has 0 bridgehead atoms. The zero-order valence-corrected chi connectivity index (χ0v) is 11.1. The molecule has 5 nitrogen and oxygen atoms in total. The first-order chi connectivity index (χ1) is 9.22. The number of esters is 1. The van der Waals surface area contributed by atoms with Gasteiger partial charge in [-0.25, -0.2) is 4.79 Å². The molecule has 1 saturated heterocycles. The molecule has 1 aromatic rings. The Morgan fingerprint density at radius 3 is 3.11 bits per heavy atom. The van der Waals surface area contributed by atoms with Gasteiger partial charge in [0.25, 0.3) is 0 Å². The van der Waals surface area contributed by atoms with E-state index >= 15 is 0 Å². The van der Waals surface area contributed by atoms with Crippen molar-refractivity contribution in [3.8, 4) is 0 Å². The highest BCUT2D eigenvalue weighted by Gasteiger charge is 2.17. The Morgan fingerprint density at radius 2 is 2.42 bits per heavy atom. The number of hydrogen-bond acceptors (Lipinski definition) is 5. The van der Waals surface area contributed by atoms with Crippen molar-refractivity contribution in [2.24, 2.45) is 0 Å². The molecule has 0 aliphatic carbocycles. The highest BCUT2D eigenvalue weighted by Crippen LogP contribution is 2.25. The molecule has 1 aliphatic rings. The largest absolute Gasteiger partial charge is 0.462 e. The number of nitrogen functional groups attached to an aromatic ring is 1.